The third kappa shape index (κ3) is 4.48. The Labute approximate surface area is 198 Å². The van der Waals surface area contributed by atoms with Crippen LogP contribution in [-0.2, 0) is 16.1 Å². The predicted molar refractivity (Wildman–Crippen MR) is 126 cm³/mol. The summed E-state index contributed by atoms with van der Waals surface area (Å²) in [5, 5.41) is 6.14. The molecule has 2 aromatic heterocycles. The second kappa shape index (κ2) is 9.09. The van der Waals surface area contributed by atoms with Gasteiger partial charge >= 0.3 is 0 Å². The summed E-state index contributed by atoms with van der Waals surface area (Å²) in [6, 6.07) is 16.6. The molecule has 0 aliphatic carbocycles. The fourth-order valence-electron chi connectivity index (χ4n) is 3.50. The maximum Gasteiger partial charge on any atom is 0.265 e. The molecule has 0 radical (unpaired) electrons. The van der Waals surface area contributed by atoms with E-state index in [1.165, 1.54) is 16.2 Å². The minimum absolute atomic E-state index is 0.120. The van der Waals surface area contributed by atoms with Gasteiger partial charge in [-0.1, -0.05) is 29.8 Å². The number of amides is 2. The molecule has 3 heterocycles. The Balaban J connectivity index is 1.38. The average molecular weight is 480 g/mol. The van der Waals surface area contributed by atoms with Crippen LogP contribution >= 0.6 is 22.9 Å². The molecule has 9 heteroatoms. The Hall–Kier alpha value is -3.62. The highest BCUT2D eigenvalue weighted by Gasteiger charge is 2.28. The van der Waals surface area contributed by atoms with Gasteiger partial charge in [-0.25, -0.2) is 4.98 Å². The highest BCUT2D eigenvalue weighted by atomic mass is 35.5. The molecule has 0 fully saturated rings. The zero-order valence-corrected chi connectivity index (χ0v) is 18.9. The van der Waals surface area contributed by atoms with Crippen LogP contribution in [0.15, 0.2) is 70.7 Å². The summed E-state index contributed by atoms with van der Waals surface area (Å²) in [4.78, 5) is 31.2. The fraction of sp³-hybridized carbons (Fsp3) is 0.125. The van der Waals surface area contributed by atoms with E-state index in [1.54, 1.807) is 24.5 Å². The lowest BCUT2D eigenvalue weighted by atomic mass is 10.1. The van der Waals surface area contributed by atoms with Crippen molar-refractivity contribution in [3.63, 3.8) is 0 Å². The number of nitrogens with one attached hydrogen (secondary N) is 1. The predicted octanol–water partition coefficient (Wildman–Crippen LogP) is 4.77. The van der Waals surface area contributed by atoms with Crippen molar-refractivity contribution >= 4 is 40.4 Å². The van der Waals surface area contributed by atoms with Crippen LogP contribution < -0.4 is 15.0 Å². The third-order valence-electron chi connectivity index (χ3n) is 5.15. The first-order valence-corrected chi connectivity index (χ1v) is 11.4. The van der Waals surface area contributed by atoms with Gasteiger partial charge in [0.15, 0.2) is 6.61 Å². The van der Waals surface area contributed by atoms with E-state index in [4.69, 9.17) is 25.7 Å². The van der Waals surface area contributed by atoms with Crippen molar-refractivity contribution < 1.29 is 18.7 Å². The number of carbonyl (C=O) groups is 2. The average Bonchev–Trinajstić information content (AvgIpc) is 3.52. The smallest absolute Gasteiger partial charge is 0.265 e. The monoisotopic (exact) mass is 479 g/mol. The Kier molecular flexibility index (Phi) is 5.85. The molecule has 2 aromatic carbocycles. The highest BCUT2D eigenvalue weighted by Crippen LogP contribution is 2.38. The van der Waals surface area contributed by atoms with Crippen LogP contribution in [-0.4, -0.2) is 29.9 Å². The molecule has 5 rings (SSSR count). The van der Waals surface area contributed by atoms with E-state index in [0.717, 1.165) is 21.8 Å². The highest BCUT2D eigenvalue weighted by molar-refractivity contribution is 7.13. The second-order valence-corrected chi connectivity index (χ2v) is 8.59. The van der Waals surface area contributed by atoms with Gasteiger partial charge in [-0.15, -0.1) is 11.3 Å². The lowest BCUT2D eigenvalue weighted by Crippen LogP contribution is -2.45. The van der Waals surface area contributed by atoms with Crippen molar-refractivity contribution in [3.05, 3.63) is 77.0 Å². The SMILES string of the molecule is O=C(CN1C(=O)COc2ccc(-c3csc(-c4ccccc4Cl)n3)cc21)NCc1ccco1. The number of halogens is 1. The number of anilines is 1. The molecule has 1 aliphatic heterocycles. The Morgan fingerprint density at radius 1 is 1.18 bits per heavy atom. The van der Waals surface area contributed by atoms with Crippen molar-refractivity contribution in [2.75, 3.05) is 18.1 Å². The summed E-state index contributed by atoms with van der Waals surface area (Å²) < 4.78 is 10.8. The number of rotatable bonds is 6. The summed E-state index contributed by atoms with van der Waals surface area (Å²) in [7, 11) is 0. The number of aromatic nitrogens is 1. The van der Waals surface area contributed by atoms with E-state index in [9.17, 15) is 9.59 Å². The lowest BCUT2D eigenvalue weighted by Gasteiger charge is -2.29. The fourth-order valence-corrected chi connectivity index (χ4v) is 4.65. The van der Waals surface area contributed by atoms with Gasteiger partial charge in [-0.2, -0.15) is 0 Å². The minimum Gasteiger partial charge on any atom is -0.482 e. The molecule has 0 unspecified atom stereocenters. The molecule has 0 saturated heterocycles. The van der Waals surface area contributed by atoms with Crippen molar-refractivity contribution in [1.29, 1.82) is 0 Å². The van der Waals surface area contributed by atoms with Crippen LogP contribution in [0.4, 0.5) is 5.69 Å². The van der Waals surface area contributed by atoms with Crippen LogP contribution in [0.3, 0.4) is 0 Å². The Morgan fingerprint density at radius 3 is 2.88 bits per heavy atom. The molecule has 2 amide bonds. The normalized spacial score (nSPS) is 12.9. The van der Waals surface area contributed by atoms with Gasteiger partial charge in [-0.05, 0) is 36.4 Å². The first-order chi connectivity index (χ1) is 16.1. The van der Waals surface area contributed by atoms with E-state index < -0.39 is 0 Å². The zero-order valence-electron chi connectivity index (χ0n) is 17.3. The van der Waals surface area contributed by atoms with E-state index in [-0.39, 0.29) is 31.5 Å². The molecular weight excluding hydrogens is 462 g/mol. The first kappa shape index (κ1) is 21.2. The number of furan rings is 1. The van der Waals surface area contributed by atoms with E-state index in [0.29, 0.717) is 22.2 Å². The number of benzene rings is 2. The topological polar surface area (TPSA) is 84.7 Å². The van der Waals surface area contributed by atoms with Crippen LogP contribution in [0.5, 0.6) is 5.75 Å². The van der Waals surface area contributed by atoms with Crippen molar-refractivity contribution in [1.82, 2.24) is 10.3 Å². The maximum atomic E-state index is 12.6. The summed E-state index contributed by atoms with van der Waals surface area (Å²) in [5.74, 6) is 0.589. The number of nitrogens with zero attached hydrogens (tertiary/aromatic N) is 2. The molecule has 7 nitrogen and oxygen atoms in total. The van der Waals surface area contributed by atoms with E-state index in [1.807, 2.05) is 41.8 Å². The van der Waals surface area contributed by atoms with Gasteiger partial charge in [-0.3, -0.25) is 14.5 Å². The molecule has 166 valence electrons. The Morgan fingerprint density at radius 2 is 2.06 bits per heavy atom. The number of ether oxygens (including phenoxy) is 1. The maximum absolute atomic E-state index is 12.6. The van der Waals surface area contributed by atoms with Gasteiger partial charge in [0.25, 0.3) is 5.91 Å². The minimum atomic E-state index is -0.298. The van der Waals surface area contributed by atoms with Crippen molar-refractivity contribution in [3.8, 4) is 27.6 Å². The first-order valence-electron chi connectivity index (χ1n) is 10.2. The Bertz CT molecular complexity index is 1320. The summed E-state index contributed by atoms with van der Waals surface area (Å²) in [6.45, 7) is 0.00731. The summed E-state index contributed by atoms with van der Waals surface area (Å²) >= 11 is 7.80. The lowest BCUT2D eigenvalue weighted by molar-refractivity contribution is -0.125. The molecule has 33 heavy (non-hydrogen) atoms. The largest absolute Gasteiger partial charge is 0.482 e. The summed E-state index contributed by atoms with van der Waals surface area (Å²) in [6.07, 6.45) is 1.54. The van der Waals surface area contributed by atoms with Gasteiger partial charge in [0.05, 0.1) is 29.2 Å². The number of hydrogen-bond acceptors (Lipinski definition) is 6. The quantitative estimate of drug-likeness (QED) is 0.431. The van der Waals surface area contributed by atoms with Crippen LogP contribution in [0.2, 0.25) is 5.02 Å². The van der Waals surface area contributed by atoms with E-state index >= 15 is 0 Å². The van der Waals surface area contributed by atoms with E-state index in [2.05, 4.69) is 5.32 Å². The zero-order chi connectivity index (χ0) is 22.8. The van der Waals surface area contributed by atoms with Crippen LogP contribution in [0.1, 0.15) is 5.76 Å². The second-order valence-electron chi connectivity index (χ2n) is 7.32. The van der Waals surface area contributed by atoms with Gasteiger partial charge < -0.3 is 14.5 Å². The molecule has 1 aliphatic rings. The summed E-state index contributed by atoms with van der Waals surface area (Å²) in [5.41, 5.74) is 2.95. The molecule has 0 spiro atoms. The van der Waals surface area contributed by atoms with Gasteiger partial charge in [0.2, 0.25) is 5.91 Å². The van der Waals surface area contributed by atoms with Crippen molar-refractivity contribution in [2.24, 2.45) is 0 Å². The standard InChI is InChI=1S/C24H18ClN3O4S/c25-18-6-2-1-5-17(18)24-27-19(14-33-24)15-7-8-21-20(10-15)28(23(30)13-32-21)12-22(29)26-11-16-4-3-9-31-16/h1-10,14H,11-13H2,(H,26,29). The number of carbonyl (C=O) groups excluding carboxylic acids is 2. The molecule has 0 atom stereocenters. The van der Waals surface area contributed by atoms with Crippen LogP contribution in [0.25, 0.3) is 21.8 Å². The van der Waals surface area contributed by atoms with Gasteiger partial charge in [0.1, 0.15) is 23.1 Å². The van der Waals surface area contributed by atoms with Gasteiger partial charge in [0, 0.05) is 16.5 Å². The molecule has 1 N–H and O–H groups in total. The molecular formula is C24H18ClN3O4S. The third-order valence-corrected chi connectivity index (χ3v) is 6.35. The number of fused-ring (bicyclic) bond motifs is 1. The molecule has 4 aromatic rings. The van der Waals surface area contributed by atoms with Crippen molar-refractivity contribution in [2.45, 2.75) is 6.54 Å². The number of hydrogen-bond donors (Lipinski definition) is 1. The van der Waals surface area contributed by atoms with Crippen LogP contribution in [0, 0.1) is 0 Å². The molecule has 0 bridgehead atoms. The molecule has 0 saturated carbocycles. The number of thiazole rings is 1.